The Morgan fingerprint density at radius 1 is 1.60 bits per heavy atom. The van der Waals surface area contributed by atoms with Crippen LogP contribution in [-0.4, -0.2) is 5.78 Å². The molecule has 0 saturated carbocycles. The number of ketones is 1. The molecule has 1 heterocycles. The lowest BCUT2D eigenvalue weighted by atomic mass is 10.3. The monoisotopic (exact) mass is 172 g/mol. The van der Waals surface area contributed by atoms with Crippen molar-refractivity contribution in [2.24, 2.45) is 0 Å². The SMILES string of the molecule is CC(=O)/C=C1/C=C(C)SS1. The fraction of sp³-hybridized carbons (Fsp3) is 0.286. The van der Waals surface area contributed by atoms with E-state index >= 15 is 0 Å². The molecule has 54 valence electrons. The zero-order valence-electron chi connectivity index (χ0n) is 5.88. The molecule has 10 heavy (non-hydrogen) atoms. The van der Waals surface area contributed by atoms with Crippen LogP contribution in [0.15, 0.2) is 22.0 Å². The van der Waals surface area contributed by atoms with Crippen molar-refractivity contribution in [3.8, 4) is 0 Å². The van der Waals surface area contributed by atoms with Crippen LogP contribution >= 0.6 is 21.6 Å². The first-order valence-electron chi connectivity index (χ1n) is 2.93. The third kappa shape index (κ3) is 2.23. The predicted octanol–water partition coefficient (Wildman–Crippen LogP) is 2.76. The number of carbonyl (C=O) groups excluding carboxylic acids is 1. The van der Waals surface area contributed by atoms with E-state index in [0.717, 1.165) is 4.91 Å². The lowest BCUT2D eigenvalue weighted by Crippen LogP contribution is -1.80. The van der Waals surface area contributed by atoms with Gasteiger partial charge in [0.25, 0.3) is 0 Å². The number of rotatable bonds is 1. The number of hydrogen-bond donors (Lipinski definition) is 0. The Labute approximate surface area is 68.4 Å². The van der Waals surface area contributed by atoms with Crippen LogP contribution < -0.4 is 0 Å². The van der Waals surface area contributed by atoms with Crippen molar-refractivity contribution in [2.45, 2.75) is 13.8 Å². The lowest BCUT2D eigenvalue weighted by molar-refractivity contribution is -0.112. The first kappa shape index (κ1) is 7.95. The molecule has 0 atom stereocenters. The second-order valence-corrected chi connectivity index (χ2v) is 4.53. The highest BCUT2D eigenvalue weighted by Gasteiger charge is 2.06. The van der Waals surface area contributed by atoms with Gasteiger partial charge in [-0.1, -0.05) is 21.6 Å². The standard InChI is InChI=1S/C7H8OS2/c1-5(8)3-7-4-6(2)9-10-7/h3-4H,1-2H3/b7-3-. The minimum absolute atomic E-state index is 0.119. The third-order valence-electron chi connectivity index (χ3n) is 0.960. The summed E-state index contributed by atoms with van der Waals surface area (Å²) in [6.45, 7) is 3.61. The summed E-state index contributed by atoms with van der Waals surface area (Å²) >= 11 is 0. The molecule has 0 radical (unpaired) electrons. The van der Waals surface area contributed by atoms with E-state index in [1.165, 1.54) is 4.91 Å². The fourth-order valence-electron chi connectivity index (χ4n) is 0.628. The van der Waals surface area contributed by atoms with Crippen molar-refractivity contribution in [1.29, 1.82) is 0 Å². The summed E-state index contributed by atoms with van der Waals surface area (Å²) in [4.78, 5) is 12.9. The highest BCUT2D eigenvalue weighted by Crippen LogP contribution is 2.43. The minimum atomic E-state index is 0.119. The molecule has 1 nitrogen and oxygen atoms in total. The zero-order valence-corrected chi connectivity index (χ0v) is 7.51. The van der Waals surface area contributed by atoms with E-state index < -0.39 is 0 Å². The van der Waals surface area contributed by atoms with Crippen molar-refractivity contribution in [1.82, 2.24) is 0 Å². The van der Waals surface area contributed by atoms with E-state index in [2.05, 4.69) is 0 Å². The van der Waals surface area contributed by atoms with Gasteiger partial charge in [-0.3, -0.25) is 4.79 Å². The molecule has 0 fully saturated rings. The van der Waals surface area contributed by atoms with Crippen molar-refractivity contribution >= 4 is 27.4 Å². The summed E-state index contributed by atoms with van der Waals surface area (Å²) in [5, 5.41) is 0. The van der Waals surface area contributed by atoms with Crippen LogP contribution in [0.4, 0.5) is 0 Å². The van der Waals surface area contributed by atoms with Gasteiger partial charge in [0.15, 0.2) is 5.78 Å². The Morgan fingerprint density at radius 2 is 2.30 bits per heavy atom. The van der Waals surface area contributed by atoms with E-state index in [0.29, 0.717) is 0 Å². The van der Waals surface area contributed by atoms with Gasteiger partial charge in [0.05, 0.1) is 0 Å². The summed E-state index contributed by atoms with van der Waals surface area (Å²) in [6, 6.07) is 0. The highest BCUT2D eigenvalue weighted by molar-refractivity contribution is 8.80. The number of carbonyl (C=O) groups is 1. The Morgan fingerprint density at radius 3 is 2.70 bits per heavy atom. The molecule has 1 rings (SSSR count). The maximum Gasteiger partial charge on any atom is 0.153 e. The van der Waals surface area contributed by atoms with Crippen LogP contribution in [-0.2, 0) is 4.79 Å². The molecule has 1 aliphatic rings. The number of allylic oxidation sites excluding steroid dienone is 3. The van der Waals surface area contributed by atoms with Crippen LogP contribution in [0.5, 0.6) is 0 Å². The highest BCUT2D eigenvalue weighted by atomic mass is 33.1. The topological polar surface area (TPSA) is 17.1 Å². The van der Waals surface area contributed by atoms with Crippen LogP contribution in [0.2, 0.25) is 0 Å². The van der Waals surface area contributed by atoms with Gasteiger partial charge in [-0.05, 0) is 30.9 Å². The lowest BCUT2D eigenvalue weighted by Gasteiger charge is -1.85. The Kier molecular flexibility index (Phi) is 2.63. The molecule has 0 unspecified atom stereocenters. The summed E-state index contributed by atoms with van der Waals surface area (Å²) in [7, 11) is 3.35. The third-order valence-corrected chi connectivity index (χ3v) is 3.47. The van der Waals surface area contributed by atoms with Gasteiger partial charge in [0.1, 0.15) is 0 Å². The molecule has 0 aromatic heterocycles. The van der Waals surface area contributed by atoms with Gasteiger partial charge in [-0.15, -0.1) is 0 Å². The summed E-state index contributed by atoms with van der Waals surface area (Å²) in [5.74, 6) is 0.119. The van der Waals surface area contributed by atoms with E-state index in [1.807, 2.05) is 13.0 Å². The van der Waals surface area contributed by atoms with Crippen LogP contribution in [0.25, 0.3) is 0 Å². The van der Waals surface area contributed by atoms with Gasteiger partial charge in [-0.25, -0.2) is 0 Å². The van der Waals surface area contributed by atoms with Crippen LogP contribution in [0.3, 0.4) is 0 Å². The summed E-state index contributed by atoms with van der Waals surface area (Å²) < 4.78 is 0. The zero-order chi connectivity index (χ0) is 7.56. The van der Waals surface area contributed by atoms with Gasteiger partial charge in [0, 0.05) is 4.91 Å². The average molecular weight is 172 g/mol. The van der Waals surface area contributed by atoms with Gasteiger partial charge < -0.3 is 0 Å². The molecule has 0 saturated heterocycles. The average Bonchev–Trinajstić information content (AvgIpc) is 2.13. The minimum Gasteiger partial charge on any atom is -0.295 e. The molecule has 1 aliphatic heterocycles. The van der Waals surface area contributed by atoms with Gasteiger partial charge in [-0.2, -0.15) is 0 Å². The molecule has 0 N–H and O–H groups in total. The Bertz CT molecular complexity index is 216. The van der Waals surface area contributed by atoms with Crippen LogP contribution in [0, 0.1) is 0 Å². The van der Waals surface area contributed by atoms with Crippen molar-refractivity contribution in [2.75, 3.05) is 0 Å². The van der Waals surface area contributed by atoms with Crippen molar-refractivity contribution < 1.29 is 4.79 Å². The van der Waals surface area contributed by atoms with Gasteiger partial charge in [0.2, 0.25) is 0 Å². The quantitative estimate of drug-likeness (QED) is 0.447. The Hall–Kier alpha value is -0.150. The molecular formula is C7H8OS2. The molecule has 3 heteroatoms. The molecule has 0 spiro atoms. The molecule has 0 aromatic carbocycles. The maximum atomic E-state index is 10.6. The van der Waals surface area contributed by atoms with Crippen LogP contribution in [0.1, 0.15) is 13.8 Å². The molecule has 0 aromatic rings. The smallest absolute Gasteiger partial charge is 0.153 e. The van der Waals surface area contributed by atoms with E-state index in [1.54, 1.807) is 34.6 Å². The second kappa shape index (κ2) is 3.30. The maximum absolute atomic E-state index is 10.6. The first-order chi connectivity index (χ1) is 4.68. The largest absolute Gasteiger partial charge is 0.295 e. The molecular weight excluding hydrogens is 164 g/mol. The normalized spacial score (nSPS) is 21.4. The van der Waals surface area contributed by atoms with Gasteiger partial charge >= 0.3 is 0 Å². The predicted molar refractivity (Wildman–Crippen MR) is 47.7 cm³/mol. The van der Waals surface area contributed by atoms with E-state index in [-0.39, 0.29) is 5.78 Å². The van der Waals surface area contributed by atoms with E-state index in [4.69, 9.17) is 0 Å². The van der Waals surface area contributed by atoms with E-state index in [9.17, 15) is 4.79 Å². The molecule has 0 amide bonds. The molecule has 0 aliphatic carbocycles. The summed E-state index contributed by atoms with van der Waals surface area (Å²) in [6.07, 6.45) is 3.69. The summed E-state index contributed by atoms with van der Waals surface area (Å²) in [5.41, 5.74) is 0. The number of hydrogen-bond acceptors (Lipinski definition) is 3. The van der Waals surface area contributed by atoms with Crippen molar-refractivity contribution in [3.05, 3.63) is 22.0 Å². The van der Waals surface area contributed by atoms with Crippen molar-refractivity contribution in [3.63, 3.8) is 0 Å². The molecule has 0 bridgehead atoms. The second-order valence-electron chi connectivity index (χ2n) is 2.08. The fourth-order valence-corrected chi connectivity index (χ4v) is 2.66. The Balaban J connectivity index is 2.68. The first-order valence-corrected chi connectivity index (χ1v) is 5.08.